The molecule has 0 spiro atoms. The van der Waals surface area contributed by atoms with E-state index in [9.17, 15) is 0 Å². The predicted octanol–water partition coefficient (Wildman–Crippen LogP) is -3.48. The second-order valence-corrected chi connectivity index (χ2v) is 0. The minimum atomic E-state index is 0. The number of hydrogen-bond donors (Lipinski definition) is 0. The molecular weight excluding hydrogens is 279 g/mol. The summed E-state index contributed by atoms with van der Waals surface area (Å²) in [5.41, 5.74) is 0. The van der Waals surface area contributed by atoms with Gasteiger partial charge >= 0.3 is 65.0 Å². The molecule has 2 nitrogen and oxygen atoms in total. The third kappa shape index (κ3) is 8.93. The molecule has 4 heavy (non-hydrogen) atoms. The molecule has 0 heterocycles. The summed E-state index contributed by atoms with van der Waals surface area (Å²) >= 11 is 0. The molecular formula is H8CaO2Pb. The quantitative estimate of drug-likeness (QED) is 0.416. The fourth-order valence-electron chi connectivity index (χ4n) is 0. The van der Waals surface area contributed by atoms with Crippen LogP contribution in [0, 0.1) is 0 Å². The number of rotatable bonds is 0. The van der Waals surface area contributed by atoms with Gasteiger partial charge in [0.25, 0.3) is 0 Å². The van der Waals surface area contributed by atoms with Crippen LogP contribution in [0.5, 0.6) is 0 Å². The van der Waals surface area contributed by atoms with Crippen molar-refractivity contribution >= 4 is 65.0 Å². The van der Waals surface area contributed by atoms with E-state index in [0.29, 0.717) is 0 Å². The van der Waals surface area contributed by atoms with Crippen LogP contribution in [0.2, 0.25) is 0 Å². The standard InChI is InChI=1S/Ca.2H2O.Pb.4H/h;2*1H2;;;;;. The summed E-state index contributed by atoms with van der Waals surface area (Å²) in [6.07, 6.45) is 0. The summed E-state index contributed by atoms with van der Waals surface area (Å²) in [5, 5.41) is 0. The van der Waals surface area contributed by atoms with Gasteiger partial charge in [0.05, 0.1) is 0 Å². The summed E-state index contributed by atoms with van der Waals surface area (Å²) in [6.45, 7) is 0. The fraction of sp³-hybridized carbons (Fsp3) is 0. The van der Waals surface area contributed by atoms with Crippen molar-refractivity contribution in [3.05, 3.63) is 0 Å². The SMILES string of the molecule is O.O.[CaH2].[PbH2]. The summed E-state index contributed by atoms with van der Waals surface area (Å²) in [4.78, 5) is 0. The van der Waals surface area contributed by atoms with E-state index in [0.717, 1.165) is 0 Å². The Bertz CT molecular complexity index is 6.00. The molecule has 0 aliphatic rings. The molecule has 0 aliphatic carbocycles. The molecule has 0 saturated heterocycles. The van der Waals surface area contributed by atoms with Gasteiger partial charge in [0.15, 0.2) is 0 Å². The van der Waals surface area contributed by atoms with Crippen molar-refractivity contribution in [1.29, 1.82) is 0 Å². The van der Waals surface area contributed by atoms with Crippen molar-refractivity contribution in [3.8, 4) is 0 Å². The van der Waals surface area contributed by atoms with E-state index in [1.54, 1.807) is 0 Å². The van der Waals surface area contributed by atoms with Crippen molar-refractivity contribution in [1.82, 2.24) is 0 Å². The Balaban J connectivity index is 0. The van der Waals surface area contributed by atoms with E-state index in [1.807, 2.05) is 0 Å². The second kappa shape index (κ2) is 19.4. The summed E-state index contributed by atoms with van der Waals surface area (Å²) < 4.78 is 0. The van der Waals surface area contributed by atoms with Crippen molar-refractivity contribution < 1.29 is 11.0 Å². The molecule has 4 heteroatoms. The van der Waals surface area contributed by atoms with Gasteiger partial charge in [-0.25, -0.2) is 0 Å². The van der Waals surface area contributed by atoms with Gasteiger partial charge < -0.3 is 11.0 Å². The molecule has 0 aliphatic heterocycles. The van der Waals surface area contributed by atoms with Crippen LogP contribution in [0.1, 0.15) is 0 Å². The summed E-state index contributed by atoms with van der Waals surface area (Å²) in [7, 11) is 0. The second-order valence-electron chi connectivity index (χ2n) is 0. The van der Waals surface area contributed by atoms with Gasteiger partial charge in [-0.15, -0.1) is 0 Å². The van der Waals surface area contributed by atoms with E-state index >= 15 is 0 Å². The molecule has 0 aromatic heterocycles. The third-order valence-corrected chi connectivity index (χ3v) is 0. The van der Waals surface area contributed by atoms with Crippen molar-refractivity contribution in [2.24, 2.45) is 0 Å². The molecule has 4 N–H and O–H groups in total. The van der Waals surface area contributed by atoms with Crippen LogP contribution in [0.4, 0.5) is 0 Å². The van der Waals surface area contributed by atoms with Gasteiger partial charge in [-0.3, -0.25) is 0 Å². The van der Waals surface area contributed by atoms with Crippen LogP contribution < -0.4 is 0 Å². The van der Waals surface area contributed by atoms with Gasteiger partial charge in [0, 0.05) is 0 Å². The average Bonchev–Trinajstić information content (AvgIpc) is 0. The summed E-state index contributed by atoms with van der Waals surface area (Å²) in [6, 6.07) is 0. The Kier molecular flexibility index (Phi) is 175. The Hall–Kier alpha value is 2.10. The van der Waals surface area contributed by atoms with Crippen LogP contribution in [-0.4, -0.2) is 76.0 Å². The number of hydrogen-bond acceptors (Lipinski definition) is 0. The first-order chi connectivity index (χ1) is 0. The van der Waals surface area contributed by atoms with Crippen LogP contribution in [0.15, 0.2) is 0 Å². The normalized spacial score (nSPS) is 0. The Labute approximate surface area is 74.7 Å². The first kappa shape index (κ1) is 36.0. The fourth-order valence-corrected chi connectivity index (χ4v) is 0. The Morgan fingerprint density at radius 3 is 0.750 bits per heavy atom. The molecule has 0 aromatic carbocycles. The zero-order valence-corrected chi connectivity index (χ0v) is 7.20. The third-order valence-electron chi connectivity index (χ3n) is 0. The topological polar surface area (TPSA) is 63.0 Å². The van der Waals surface area contributed by atoms with Crippen LogP contribution in [0.25, 0.3) is 0 Å². The molecule has 0 atom stereocenters. The molecule has 0 fully saturated rings. The molecule has 0 rings (SSSR count). The van der Waals surface area contributed by atoms with Gasteiger partial charge in [0.2, 0.25) is 0 Å². The molecule has 0 aromatic rings. The van der Waals surface area contributed by atoms with Crippen molar-refractivity contribution in [2.75, 3.05) is 0 Å². The maximum absolute atomic E-state index is 0. The minimum absolute atomic E-state index is 0. The van der Waals surface area contributed by atoms with E-state index in [2.05, 4.69) is 0 Å². The predicted molar refractivity (Wildman–Crippen MR) is 24.3 cm³/mol. The van der Waals surface area contributed by atoms with E-state index in [-0.39, 0.29) is 76.0 Å². The Morgan fingerprint density at radius 1 is 0.750 bits per heavy atom. The molecule has 2 radical (unpaired) electrons. The Morgan fingerprint density at radius 2 is 0.750 bits per heavy atom. The monoisotopic (exact) mass is 288 g/mol. The zero-order valence-electron chi connectivity index (χ0n) is 1.71. The van der Waals surface area contributed by atoms with Gasteiger partial charge in [0.1, 0.15) is 0 Å². The first-order valence-electron chi connectivity index (χ1n) is 0. The van der Waals surface area contributed by atoms with Crippen LogP contribution in [-0.2, 0) is 0 Å². The molecule has 0 unspecified atom stereocenters. The van der Waals surface area contributed by atoms with Gasteiger partial charge in [-0.2, -0.15) is 0 Å². The van der Waals surface area contributed by atoms with Crippen LogP contribution in [0.3, 0.4) is 0 Å². The molecule has 0 amide bonds. The van der Waals surface area contributed by atoms with Crippen LogP contribution >= 0.6 is 0 Å². The van der Waals surface area contributed by atoms with Crippen molar-refractivity contribution in [2.45, 2.75) is 0 Å². The first-order valence-corrected chi connectivity index (χ1v) is 0. The summed E-state index contributed by atoms with van der Waals surface area (Å²) in [5.74, 6) is 0. The van der Waals surface area contributed by atoms with E-state index in [4.69, 9.17) is 0 Å². The maximum atomic E-state index is 0. The van der Waals surface area contributed by atoms with Crippen molar-refractivity contribution in [3.63, 3.8) is 0 Å². The zero-order chi connectivity index (χ0) is 0. The molecule has 0 bridgehead atoms. The van der Waals surface area contributed by atoms with Gasteiger partial charge in [-0.05, 0) is 0 Å². The van der Waals surface area contributed by atoms with E-state index < -0.39 is 0 Å². The van der Waals surface area contributed by atoms with Gasteiger partial charge in [-0.1, -0.05) is 0 Å². The molecule has 26 valence electrons. The molecule has 0 saturated carbocycles. The van der Waals surface area contributed by atoms with E-state index in [1.165, 1.54) is 0 Å². The average molecular weight is 287 g/mol.